The van der Waals surface area contributed by atoms with Crippen molar-refractivity contribution < 1.29 is 18.4 Å². The van der Waals surface area contributed by atoms with Crippen molar-refractivity contribution in [2.24, 2.45) is 5.92 Å². The summed E-state index contributed by atoms with van der Waals surface area (Å²) in [6, 6.07) is 1.28. The number of rotatable bonds is 5. The maximum Gasteiger partial charge on any atom is 0.280 e. The van der Waals surface area contributed by atoms with Crippen molar-refractivity contribution in [1.29, 1.82) is 0 Å². The topological polar surface area (TPSA) is 75.2 Å². The molecule has 1 aliphatic carbocycles. The van der Waals surface area contributed by atoms with E-state index in [1.165, 1.54) is 12.1 Å². The molecule has 0 unspecified atom stereocenters. The van der Waals surface area contributed by atoms with Crippen molar-refractivity contribution in [3.63, 3.8) is 0 Å². The highest BCUT2D eigenvalue weighted by Gasteiger charge is 2.42. The first-order valence-electron chi connectivity index (χ1n) is 9.72. The van der Waals surface area contributed by atoms with Gasteiger partial charge in [-0.05, 0) is 44.7 Å². The van der Waals surface area contributed by atoms with E-state index in [2.05, 4.69) is 21.9 Å². The number of nitrogens with one attached hydrogen (secondary N) is 1. The Morgan fingerprint density at radius 3 is 2.50 bits per heavy atom. The average Bonchev–Trinajstić information content (AvgIpc) is 3.16. The third-order valence-corrected chi connectivity index (χ3v) is 5.70. The number of carbonyl (C=O) groups is 2. The summed E-state index contributed by atoms with van der Waals surface area (Å²) < 4.78 is 26.4. The first-order valence-corrected chi connectivity index (χ1v) is 9.72. The van der Waals surface area contributed by atoms with Gasteiger partial charge in [-0.3, -0.25) is 9.59 Å². The van der Waals surface area contributed by atoms with Gasteiger partial charge >= 0.3 is 0 Å². The fraction of sp³-hybridized carbons (Fsp3) is 0.600. The van der Waals surface area contributed by atoms with Crippen LogP contribution in [-0.2, 0) is 15.1 Å². The number of nitrogens with zero attached hydrogens (tertiary/aromatic N) is 3. The average molecular weight is 392 g/mol. The van der Waals surface area contributed by atoms with Crippen LogP contribution in [0.2, 0.25) is 0 Å². The molecule has 2 heterocycles. The third kappa shape index (κ3) is 4.20. The van der Waals surface area contributed by atoms with Gasteiger partial charge in [0.2, 0.25) is 11.8 Å². The van der Waals surface area contributed by atoms with E-state index in [9.17, 15) is 18.4 Å². The molecular weight excluding hydrogens is 366 g/mol. The summed E-state index contributed by atoms with van der Waals surface area (Å²) in [5.74, 6) is -0.172. The van der Waals surface area contributed by atoms with Gasteiger partial charge in [0.1, 0.15) is 5.69 Å². The molecule has 0 aromatic carbocycles. The number of likely N-dealkylation sites (tertiary alicyclic amines) is 1. The lowest BCUT2D eigenvalue weighted by Gasteiger charge is -2.34. The second kappa shape index (κ2) is 8.32. The first-order chi connectivity index (χ1) is 13.3. The molecule has 152 valence electrons. The Labute approximate surface area is 163 Å². The highest BCUT2D eigenvalue weighted by Crippen LogP contribution is 2.38. The monoisotopic (exact) mass is 392 g/mol. The van der Waals surface area contributed by atoms with Gasteiger partial charge in [0.15, 0.2) is 5.82 Å². The lowest BCUT2D eigenvalue weighted by atomic mass is 9.91. The van der Waals surface area contributed by atoms with E-state index in [-0.39, 0.29) is 29.3 Å². The minimum absolute atomic E-state index is 0.115. The fourth-order valence-electron chi connectivity index (χ4n) is 4.13. The van der Waals surface area contributed by atoms with E-state index in [0.717, 1.165) is 12.8 Å². The van der Waals surface area contributed by atoms with Crippen molar-refractivity contribution in [2.75, 3.05) is 13.1 Å². The van der Waals surface area contributed by atoms with Crippen LogP contribution < -0.4 is 5.32 Å². The molecule has 1 saturated heterocycles. The molecule has 1 aromatic rings. The molecule has 2 aliphatic rings. The maximum absolute atomic E-state index is 13.2. The summed E-state index contributed by atoms with van der Waals surface area (Å²) in [7, 11) is 0. The van der Waals surface area contributed by atoms with E-state index < -0.39 is 12.0 Å². The first kappa shape index (κ1) is 20.4. The van der Waals surface area contributed by atoms with Crippen LogP contribution in [0.5, 0.6) is 0 Å². The Morgan fingerprint density at radius 1 is 1.29 bits per heavy atom. The number of alkyl halides is 2. The third-order valence-electron chi connectivity index (χ3n) is 5.70. The number of piperidine rings is 1. The Hall–Kier alpha value is -2.38. The number of aromatic nitrogens is 2. The van der Waals surface area contributed by atoms with Gasteiger partial charge in [0.05, 0.1) is 5.54 Å². The van der Waals surface area contributed by atoms with Gasteiger partial charge in [0, 0.05) is 24.7 Å². The van der Waals surface area contributed by atoms with Crippen molar-refractivity contribution in [2.45, 2.75) is 57.4 Å². The molecule has 1 aromatic heterocycles. The van der Waals surface area contributed by atoms with Crippen LogP contribution in [0.1, 0.15) is 62.2 Å². The summed E-state index contributed by atoms with van der Waals surface area (Å²) in [4.78, 5) is 34.8. The van der Waals surface area contributed by atoms with Crippen molar-refractivity contribution >= 4 is 11.8 Å². The standard InChI is InChI=1S/C20H26F2N4O2/c1-3-16(27)26-10-6-14(7-11-26)18(28)25-20(8-4-5-9-20)19-23-13(2)12-15(24-19)17(21)22/h3,12,14,17H,1,4-11H2,2H3,(H,25,28). The van der Waals surface area contributed by atoms with Crippen LogP contribution in [-0.4, -0.2) is 39.8 Å². The summed E-state index contributed by atoms with van der Waals surface area (Å²) >= 11 is 0. The predicted molar refractivity (Wildman–Crippen MR) is 99.5 cm³/mol. The molecule has 0 radical (unpaired) electrons. The number of carbonyl (C=O) groups excluding carboxylic acids is 2. The molecule has 2 fully saturated rings. The molecule has 1 saturated carbocycles. The van der Waals surface area contributed by atoms with Gasteiger partial charge in [-0.15, -0.1) is 0 Å². The minimum atomic E-state index is -2.68. The molecule has 3 rings (SSSR count). The second-order valence-corrected chi connectivity index (χ2v) is 7.64. The zero-order chi connectivity index (χ0) is 20.3. The van der Waals surface area contributed by atoms with Crippen LogP contribution >= 0.6 is 0 Å². The zero-order valence-corrected chi connectivity index (χ0v) is 16.1. The lowest BCUT2D eigenvalue weighted by Crippen LogP contribution is -2.50. The smallest absolute Gasteiger partial charge is 0.280 e. The minimum Gasteiger partial charge on any atom is -0.343 e. The Balaban J connectivity index is 1.76. The van der Waals surface area contributed by atoms with Crippen LogP contribution in [0.3, 0.4) is 0 Å². The van der Waals surface area contributed by atoms with Crippen molar-refractivity contribution in [3.8, 4) is 0 Å². The van der Waals surface area contributed by atoms with Crippen molar-refractivity contribution in [1.82, 2.24) is 20.2 Å². The number of aryl methyl sites for hydroxylation is 1. The largest absolute Gasteiger partial charge is 0.343 e. The van der Waals surface area contributed by atoms with Gasteiger partial charge in [-0.2, -0.15) is 0 Å². The fourth-order valence-corrected chi connectivity index (χ4v) is 4.13. The number of hydrogen-bond donors (Lipinski definition) is 1. The zero-order valence-electron chi connectivity index (χ0n) is 16.1. The summed E-state index contributed by atoms with van der Waals surface area (Å²) in [5.41, 5.74) is -0.628. The Bertz CT molecular complexity index is 755. The maximum atomic E-state index is 13.2. The second-order valence-electron chi connectivity index (χ2n) is 7.64. The molecule has 8 heteroatoms. The summed E-state index contributed by atoms with van der Waals surface area (Å²) in [5, 5.41) is 3.10. The van der Waals surface area contributed by atoms with Crippen LogP contribution in [0.4, 0.5) is 8.78 Å². The summed E-state index contributed by atoms with van der Waals surface area (Å²) in [6.07, 6.45) is 2.78. The van der Waals surface area contributed by atoms with Gasteiger partial charge in [-0.1, -0.05) is 19.4 Å². The van der Waals surface area contributed by atoms with Crippen LogP contribution in [0.25, 0.3) is 0 Å². The molecular formula is C20H26F2N4O2. The van der Waals surface area contributed by atoms with E-state index in [0.29, 0.717) is 44.5 Å². The molecule has 0 atom stereocenters. The number of hydrogen-bond acceptors (Lipinski definition) is 4. The molecule has 28 heavy (non-hydrogen) atoms. The molecule has 0 bridgehead atoms. The van der Waals surface area contributed by atoms with E-state index in [4.69, 9.17) is 0 Å². The van der Waals surface area contributed by atoms with Crippen molar-refractivity contribution in [3.05, 3.63) is 35.9 Å². The van der Waals surface area contributed by atoms with Gasteiger partial charge in [-0.25, -0.2) is 18.7 Å². The highest BCUT2D eigenvalue weighted by molar-refractivity contribution is 5.87. The Morgan fingerprint density at radius 2 is 1.93 bits per heavy atom. The van der Waals surface area contributed by atoms with E-state index in [1.54, 1.807) is 11.8 Å². The highest BCUT2D eigenvalue weighted by atomic mass is 19.3. The normalized spacial score (nSPS) is 19.6. The molecule has 0 spiro atoms. The van der Waals surface area contributed by atoms with Crippen LogP contribution in [0, 0.1) is 12.8 Å². The number of halogens is 2. The molecule has 1 aliphatic heterocycles. The lowest BCUT2D eigenvalue weighted by molar-refractivity contribution is -0.133. The van der Waals surface area contributed by atoms with E-state index in [1.807, 2.05) is 0 Å². The number of amides is 2. The molecule has 2 amide bonds. The van der Waals surface area contributed by atoms with E-state index >= 15 is 0 Å². The Kier molecular flexibility index (Phi) is 6.05. The molecule has 6 nitrogen and oxygen atoms in total. The SMILES string of the molecule is C=CC(=O)N1CCC(C(=O)NC2(c3nc(C)cc(C(F)F)n3)CCCC2)CC1. The molecule has 1 N–H and O–H groups in total. The summed E-state index contributed by atoms with van der Waals surface area (Å²) in [6.45, 7) is 6.16. The quantitative estimate of drug-likeness (QED) is 0.782. The van der Waals surface area contributed by atoms with Gasteiger partial charge < -0.3 is 10.2 Å². The van der Waals surface area contributed by atoms with Gasteiger partial charge in [0.25, 0.3) is 6.43 Å². The predicted octanol–water partition coefficient (Wildman–Crippen LogP) is 3.03. The van der Waals surface area contributed by atoms with Crippen LogP contribution in [0.15, 0.2) is 18.7 Å².